The van der Waals surface area contributed by atoms with Crippen molar-refractivity contribution in [2.24, 2.45) is 11.1 Å². The fraction of sp³-hybridized carbons (Fsp3) is 0.833. The molecule has 0 saturated carbocycles. The first-order valence-electron chi connectivity index (χ1n) is 3.21. The summed E-state index contributed by atoms with van der Waals surface area (Å²) < 4.78 is 35.0. The van der Waals surface area contributed by atoms with Crippen LogP contribution in [0.4, 0.5) is 13.2 Å². The predicted molar refractivity (Wildman–Crippen MR) is 34.3 cm³/mol. The molecule has 0 aliphatic rings. The first kappa shape index (κ1) is 11.1. The summed E-state index contributed by atoms with van der Waals surface area (Å²) in [5, 5.41) is 13.5. The van der Waals surface area contributed by atoms with E-state index < -0.39 is 24.4 Å². The van der Waals surface area contributed by atoms with Crippen molar-refractivity contribution < 1.29 is 23.1 Å². The van der Waals surface area contributed by atoms with Gasteiger partial charge in [-0.2, -0.15) is 13.2 Å². The summed E-state index contributed by atoms with van der Waals surface area (Å²) in [5.74, 6) is -2.07. The smallest absolute Gasteiger partial charge is 0.389 e. The Balaban J connectivity index is 4.04. The summed E-state index contributed by atoms with van der Waals surface area (Å²) in [4.78, 5) is 4.05. The van der Waals surface area contributed by atoms with Gasteiger partial charge in [-0.05, 0) is 5.92 Å². The molecule has 0 amide bonds. The van der Waals surface area contributed by atoms with Gasteiger partial charge in [0, 0.05) is 5.90 Å². The van der Waals surface area contributed by atoms with Gasteiger partial charge >= 0.3 is 6.18 Å². The van der Waals surface area contributed by atoms with Crippen molar-refractivity contribution in [3.05, 3.63) is 0 Å². The van der Waals surface area contributed by atoms with Gasteiger partial charge in [-0.1, -0.05) is 6.92 Å². The number of alkyl halides is 3. The van der Waals surface area contributed by atoms with Crippen LogP contribution in [-0.2, 0) is 4.84 Å². The molecule has 0 heterocycles. The van der Waals surface area contributed by atoms with E-state index in [1.165, 1.54) is 0 Å². The molecule has 0 aromatic heterocycles. The Hall–Kier alpha value is -0.940. The molecule has 0 rings (SSSR count). The van der Waals surface area contributed by atoms with E-state index in [-0.39, 0.29) is 0 Å². The third kappa shape index (κ3) is 4.81. The number of hydrogen-bond donors (Lipinski definition) is 0. The van der Waals surface area contributed by atoms with E-state index in [1.54, 1.807) is 0 Å². The van der Waals surface area contributed by atoms with Crippen molar-refractivity contribution >= 4 is 5.90 Å². The number of hydrogen-bond acceptors (Lipinski definition) is 3. The standard InChI is InChI=1S/C6H10F3NO2/c1-4(3-6(7,8)9)5(11)10-12-2/h4H,3H2,1-2H3,(H,10,11)/p-1. The molecular weight excluding hydrogens is 175 g/mol. The van der Waals surface area contributed by atoms with Gasteiger partial charge in [-0.25, -0.2) is 0 Å². The van der Waals surface area contributed by atoms with Crippen LogP contribution in [0.25, 0.3) is 0 Å². The van der Waals surface area contributed by atoms with E-state index in [0.717, 1.165) is 14.0 Å². The lowest BCUT2D eigenvalue weighted by atomic mass is 10.1. The van der Waals surface area contributed by atoms with Gasteiger partial charge in [0.05, 0.1) is 6.42 Å². The first-order valence-corrected chi connectivity index (χ1v) is 3.21. The molecule has 0 N–H and O–H groups in total. The van der Waals surface area contributed by atoms with E-state index in [9.17, 15) is 18.3 Å². The van der Waals surface area contributed by atoms with Gasteiger partial charge in [0.15, 0.2) is 0 Å². The van der Waals surface area contributed by atoms with E-state index in [2.05, 4.69) is 9.99 Å². The molecule has 0 saturated heterocycles. The number of rotatable bonds is 3. The van der Waals surface area contributed by atoms with Gasteiger partial charge in [-0.3, -0.25) is 0 Å². The predicted octanol–water partition coefficient (Wildman–Crippen LogP) is 0.895. The third-order valence-electron chi connectivity index (χ3n) is 1.14. The summed E-state index contributed by atoms with van der Waals surface area (Å²) in [6.45, 7) is 1.15. The van der Waals surface area contributed by atoms with Crippen molar-refractivity contribution in [1.82, 2.24) is 0 Å². The van der Waals surface area contributed by atoms with Crippen LogP contribution in [0.1, 0.15) is 13.3 Å². The molecule has 0 bridgehead atoms. The molecule has 0 fully saturated rings. The maximum absolute atomic E-state index is 11.7. The first-order chi connectivity index (χ1) is 5.37. The molecule has 0 aliphatic carbocycles. The van der Waals surface area contributed by atoms with Crippen LogP contribution in [0.3, 0.4) is 0 Å². The summed E-state index contributed by atoms with van der Waals surface area (Å²) in [6, 6.07) is 0. The number of nitrogens with zero attached hydrogens (tertiary/aromatic N) is 1. The molecule has 6 heteroatoms. The topological polar surface area (TPSA) is 44.6 Å². The van der Waals surface area contributed by atoms with Crippen molar-refractivity contribution in [2.75, 3.05) is 7.11 Å². The SMILES string of the molecule is CON=C([O-])C(C)CC(F)(F)F. The highest BCUT2D eigenvalue weighted by Crippen LogP contribution is 2.24. The zero-order chi connectivity index (χ0) is 9.78. The molecule has 0 radical (unpaired) electrons. The highest BCUT2D eigenvalue weighted by Gasteiger charge is 2.30. The van der Waals surface area contributed by atoms with E-state index in [0.29, 0.717) is 0 Å². The van der Waals surface area contributed by atoms with Gasteiger partial charge in [-0.15, -0.1) is 5.16 Å². The lowest BCUT2D eigenvalue weighted by Gasteiger charge is -2.18. The zero-order valence-corrected chi connectivity index (χ0v) is 6.68. The Labute approximate surface area is 67.8 Å². The average Bonchev–Trinajstić information content (AvgIpc) is 1.84. The lowest BCUT2D eigenvalue weighted by Crippen LogP contribution is -2.29. The summed E-state index contributed by atoms with van der Waals surface area (Å²) in [5.41, 5.74) is 0. The van der Waals surface area contributed by atoms with E-state index in [1.807, 2.05) is 0 Å². The lowest BCUT2D eigenvalue weighted by molar-refractivity contribution is -0.233. The Morgan fingerprint density at radius 2 is 2.08 bits per heavy atom. The Bertz CT molecular complexity index is 167. The highest BCUT2D eigenvalue weighted by molar-refractivity contribution is 5.73. The monoisotopic (exact) mass is 184 g/mol. The van der Waals surface area contributed by atoms with Gasteiger partial charge in [0.1, 0.15) is 7.11 Å². The van der Waals surface area contributed by atoms with Crippen LogP contribution in [-0.4, -0.2) is 19.2 Å². The van der Waals surface area contributed by atoms with Crippen LogP contribution in [0.5, 0.6) is 0 Å². The zero-order valence-electron chi connectivity index (χ0n) is 6.68. The molecule has 72 valence electrons. The second-order valence-electron chi connectivity index (χ2n) is 2.33. The molecule has 0 aromatic carbocycles. The largest absolute Gasteiger partial charge is 0.859 e. The van der Waals surface area contributed by atoms with Crippen molar-refractivity contribution in [3.63, 3.8) is 0 Å². The van der Waals surface area contributed by atoms with Crippen molar-refractivity contribution in [1.29, 1.82) is 0 Å². The molecule has 1 atom stereocenters. The van der Waals surface area contributed by atoms with Crippen LogP contribution < -0.4 is 5.11 Å². The minimum atomic E-state index is -4.33. The maximum atomic E-state index is 11.7. The minimum absolute atomic E-state index is 0.894. The second kappa shape index (κ2) is 4.18. The minimum Gasteiger partial charge on any atom is -0.859 e. The molecule has 12 heavy (non-hydrogen) atoms. The second-order valence-corrected chi connectivity index (χ2v) is 2.33. The Morgan fingerprint density at radius 3 is 2.42 bits per heavy atom. The molecule has 0 spiro atoms. The summed E-state index contributed by atoms with van der Waals surface area (Å²) in [7, 11) is 1.11. The van der Waals surface area contributed by atoms with Crippen molar-refractivity contribution in [2.45, 2.75) is 19.5 Å². The van der Waals surface area contributed by atoms with Crippen LogP contribution in [0.15, 0.2) is 5.16 Å². The molecule has 0 aromatic rings. The quantitative estimate of drug-likeness (QED) is 0.371. The molecule has 0 aliphatic heterocycles. The molecule has 1 unspecified atom stereocenters. The number of oxime groups is 1. The molecular formula is C6H9F3NO2-. The van der Waals surface area contributed by atoms with Gasteiger partial charge < -0.3 is 9.94 Å². The van der Waals surface area contributed by atoms with Crippen LogP contribution in [0.2, 0.25) is 0 Å². The van der Waals surface area contributed by atoms with Crippen LogP contribution in [0, 0.1) is 5.92 Å². The average molecular weight is 184 g/mol. The molecule has 3 nitrogen and oxygen atoms in total. The summed E-state index contributed by atoms with van der Waals surface area (Å²) >= 11 is 0. The van der Waals surface area contributed by atoms with Crippen LogP contribution >= 0.6 is 0 Å². The normalized spacial score (nSPS) is 15.9. The van der Waals surface area contributed by atoms with Gasteiger partial charge in [0.25, 0.3) is 0 Å². The maximum Gasteiger partial charge on any atom is 0.389 e. The summed E-state index contributed by atoms with van der Waals surface area (Å²) in [6.07, 6.45) is -5.50. The van der Waals surface area contributed by atoms with Crippen molar-refractivity contribution in [3.8, 4) is 0 Å². The Morgan fingerprint density at radius 1 is 1.58 bits per heavy atom. The fourth-order valence-corrected chi connectivity index (χ4v) is 0.614. The third-order valence-corrected chi connectivity index (χ3v) is 1.14. The fourth-order valence-electron chi connectivity index (χ4n) is 0.614. The number of halogens is 3. The van der Waals surface area contributed by atoms with E-state index >= 15 is 0 Å². The van der Waals surface area contributed by atoms with Gasteiger partial charge in [0.2, 0.25) is 0 Å². The van der Waals surface area contributed by atoms with E-state index in [4.69, 9.17) is 0 Å². The highest BCUT2D eigenvalue weighted by atomic mass is 19.4. The Kier molecular flexibility index (Phi) is 3.85.